The molecular formula is C12H18O. The van der Waals surface area contributed by atoms with Gasteiger partial charge in [0.25, 0.3) is 0 Å². The van der Waals surface area contributed by atoms with E-state index in [1.165, 1.54) is 11.1 Å². The van der Waals surface area contributed by atoms with Gasteiger partial charge in [-0.25, -0.2) is 0 Å². The molecule has 1 unspecified atom stereocenters. The van der Waals surface area contributed by atoms with Crippen molar-refractivity contribution in [3.05, 3.63) is 35.4 Å². The van der Waals surface area contributed by atoms with E-state index in [0.717, 1.165) is 12.8 Å². The number of benzene rings is 1. The van der Waals surface area contributed by atoms with E-state index < -0.39 is 0 Å². The summed E-state index contributed by atoms with van der Waals surface area (Å²) in [5.41, 5.74) is 2.60. The first-order chi connectivity index (χ1) is 6.27. The summed E-state index contributed by atoms with van der Waals surface area (Å²) in [7, 11) is 1.78. The summed E-state index contributed by atoms with van der Waals surface area (Å²) >= 11 is 0. The minimum Gasteiger partial charge on any atom is -0.377 e. The molecule has 0 amide bonds. The van der Waals surface area contributed by atoms with Gasteiger partial charge in [0.15, 0.2) is 0 Å². The molecule has 0 fully saturated rings. The topological polar surface area (TPSA) is 9.23 Å². The summed E-state index contributed by atoms with van der Waals surface area (Å²) < 4.78 is 5.43. The molecule has 0 aliphatic carbocycles. The molecule has 0 aliphatic rings. The maximum Gasteiger partial charge on any atom is 0.0821 e. The summed E-state index contributed by atoms with van der Waals surface area (Å²) in [5, 5.41) is 0. The van der Waals surface area contributed by atoms with Crippen molar-refractivity contribution in [3.63, 3.8) is 0 Å². The Bertz CT molecular complexity index is 255. The van der Waals surface area contributed by atoms with Crippen molar-refractivity contribution >= 4 is 0 Å². The van der Waals surface area contributed by atoms with Crippen molar-refractivity contribution in [2.24, 2.45) is 0 Å². The molecular weight excluding hydrogens is 160 g/mol. The van der Waals surface area contributed by atoms with Gasteiger partial charge in [0, 0.05) is 7.11 Å². The first-order valence-corrected chi connectivity index (χ1v) is 4.87. The summed E-state index contributed by atoms with van der Waals surface area (Å²) in [6.45, 7) is 4.30. The van der Waals surface area contributed by atoms with Gasteiger partial charge in [0.1, 0.15) is 0 Å². The van der Waals surface area contributed by atoms with Gasteiger partial charge in [0.05, 0.1) is 6.10 Å². The number of methoxy groups -OCH3 is 1. The number of hydrogen-bond donors (Lipinski definition) is 0. The molecule has 1 aromatic rings. The zero-order valence-corrected chi connectivity index (χ0v) is 8.71. The molecule has 1 aromatic carbocycles. The van der Waals surface area contributed by atoms with Crippen LogP contribution in [-0.4, -0.2) is 7.11 Å². The number of aryl methyl sites for hydroxylation is 1. The van der Waals surface area contributed by atoms with Crippen LogP contribution in [0, 0.1) is 6.92 Å². The van der Waals surface area contributed by atoms with E-state index >= 15 is 0 Å². The minimum absolute atomic E-state index is 0.268. The van der Waals surface area contributed by atoms with Crippen molar-refractivity contribution in [1.82, 2.24) is 0 Å². The molecule has 0 aliphatic heterocycles. The molecule has 1 heteroatoms. The molecule has 1 rings (SSSR count). The second kappa shape index (κ2) is 5.03. The number of hydrogen-bond acceptors (Lipinski definition) is 1. The molecule has 0 N–H and O–H groups in total. The lowest BCUT2D eigenvalue weighted by Gasteiger charge is -2.14. The highest BCUT2D eigenvalue weighted by Gasteiger charge is 2.08. The highest BCUT2D eigenvalue weighted by atomic mass is 16.5. The minimum atomic E-state index is 0.268. The molecule has 0 aromatic heterocycles. The lowest BCUT2D eigenvalue weighted by Crippen LogP contribution is -2.00. The second-order valence-corrected chi connectivity index (χ2v) is 3.43. The smallest absolute Gasteiger partial charge is 0.0821 e. The number of rotatable bonds is 4. The Morgan fingerprint density at radius 3 is 2.69 bits per heavy atom. The Kier molecular flexibility index (Phi) is 3.97. The highest BCUT2D eigenvalue weighted by molar-refractivity contribution is 5.24. The lowest BCUT2D eigenvalue weighted by atomic mass is 10.0. The van der Waals surface area contributed by atoms with Gasteiger partial charge in [-0.1, -0.05) is 43.2 Å². The van der Waals surface area contributed by atoms with Crippen molar-refractivity contribution in [2.75, 3.05) is 7.11 Å². The molecule has 1 nitrogen and oxygen atoms in total. The fourth-order valence-corrected chi connectivity index (χ4v) is 1.55. The van der Waals surface area contributed by atoms with Gasteiger partial charge in [-0.3, -0.25) is 0 Å². The summed E-state index contributed by atoms with van der Waals surface area (Å²) in [4.78, 5) is 0. The highest BCUT2D eigenvalue weighted by Crippen LogP contribution is 2.22. The van der Waals surface area contributed by atoms with E-state index in [1.54, 1.807) is 7.11 Å². The number of ether oxygens (including phenoxy) is 1. The Balaban J connectivity index is 2.78. The fourth-order valence-electron chi connectivity index (χ4n) is 1.55. The summed E-state index contributed by atoms with van der Waals surface area (Å²) in [6, 6.07) is 8.54. The predicted octanol–water partition coefficient (Wildman–Crippen LogP) is 3.48. The van der Waals surface area contributed by atoms with Crippen LogP contribution in [-0.2, 0) is 4.74 Å². The molecule has 1 atom stereocenters. The van der Waals surface area contributed by atoms with Gasteiger partial charge in [-0.2, -0.15) is 0 Å². The normalized spacial score (nSPS) is 12.8. The van der Waals surface area contributed by atoms with Gasteiger partial charge in [0.2, 0.25) is 0 Å². The second-order valence-electron chi connectivity index (χ2n) is 3.43. The van der Waals surface area contributed by atoms with E-state index in [9.17, 15) is 0 Å². The van der Waals surface area contributed by atoms with E-state index in [1.807, 2.05) is 0 Å². The summed E-state index contributed by atoms with van der Waals surface area (Å²) in [5.74, 6) is 0. The maximum atomic E-state index is 5.43. The van der Waals surface area contributed by atoms with Crippen molar-refractivity contribution in [1.29, 1.82) is 0 Å². The van der Waals surface area contributed by atoms with Crippen molar-refractivity contribution in [2.45, 2.75) is 32.8 Å². The third kappa shape index (κ3) is 2.85. The Hall–Kier alpha value is -0.820. The van der Waals surface area contributed by atoms with E-state index in [2.05, 4.69) is 38.1 Å². The van der Waals surface area contributed by atoms with Crippen LogP contribution in [0.15, 0.2) is 24.3 Å². The van der Waals surface area contributed by atoms with Crippen LogP contribution in [0.25, 0.3) is 0 Å². The molecule has 0 heterocycles. The molecule has 0 bridgehead atoms. The van der Waals surface area contributed by atoms with Crippen molar-refractivity contribution < 1.29 is 4.74 Å². The average Bonchev–Trinajstić information content (AvgIpc) is 2.14. The van der Waals surface area contributed by atoms with E-state index in [0.29, 0.717) is 0 Å². The van der Waals surface area contributed by atoms with Crippen molar-refractivity contribution in [3.8, 4) is 0 Å². The standard InChI is InChI=1S/C12H18O/c1-4-6-12(13-3)11-8-5-7-10(2)9-11/h5,7-9,12H,4,6H2,1-3H3. The summed E-state index contributed by atoms with van der Waals surface area (Å²) in [6.07, 6.45) is 2.52. The first kappa shape index (κ1) is 10.3. The quantitative estimate of drug-likeness (QED) is 0.685. The van der Waals surface area contributed by atoms with Crippen LogP contribution >= 0.6 is 0 Å². The van der Waals surface area contributed by atoms with Crippen LogP contribution in [0.3, 0.4) is 0 Å². The third-order valence-corrected chi connectivity index (χ3v) is 2.25. The maximum absolute atomic E-state index is 5.43. The first-order valence-electron chi connectivity index (χ1n) is 4.87. The monoisotopic (exact) mass is 178 g/mol. The molecule has 13 heavy (non-hydrogen) atoms. The molecule has 72 valence electrons. The fraction of sp³-hybridized carbons (Fsp3) is 0.500. The lowest BCUT2D eigenvalue weighted by molar-refractivity contribution is 0.0950. The zero-order valence-electron chi connectivity index (χ0n) is 8.71. The van der Waals surface area contributed by atoms with Crippen LogP contribution in [0.1, 0.15) is 37.0 Å². The SMILES string of the molecule is CCCC(OC)c1cccc(C)c1. The van der Waals surface area contributed by atoms with Gasteiger partial charge < -0.3 is 4.74 Å². The van der Waals surface area contributed by atoms with Gasteiger partial charge in [-0.05, 0) is 18.9 Å². The van der Waals surface area contributed by atoms with Crippen LogP contribution < -0.4 is 0 Å². The largest absolute Gasteiger partial charge is 0.377 e. The zero-order chi connectivity index (χ0) is 9.68. The Morgan fingerprint density at radius 2 is 2.15 bits per heavy atom. The van der Waals surface area contributed by atoms with E-state index in [-0.39, 0.29) is 6.10 Å². The van der Waals surface area contributed by atoms with Gasteiger partial charge >= 0.3 is 0 Å². The molecule has 0 spiro atoms. The molecule has 0 saturated heterocycles. The Morgan fingerprint density at radius 1 is 1.38 bits per heavy atom. The van der Waals surface area contributed by atoms with Crippen LogP contribution in [0.5, 0.6) is 0 Å². The van der Waals surface area contributed by atoms with E-state index in [4.69, 9.17) is 4.74 Å². The molecule has 0 radical (unpaired) electrons. The van der Waals surface area contributed by atoms with Crippen LogP contribution in [0.4, 0.5) is 0 Å². The van der Waals surface area contributed by atoms with Gasteiger partial charge in [-0.15, -0.1) is 0 Å². The van der Waals surface area contributed by atoms with Crippen LogP contribution in [0.2, 0.25) is 0 Å². The third-order valence-electron chi connectivity index (χ3n) is 2.25. The molecule has 0 saturated carbocycles. The predicted molar refractivity (Wildman–Crippen MR) is 55.8 cm³/mol. The average molecular weight is 178 g/mol. The Labute approximate surface area is 80.7 Å².